The summed E-state index contributed by atoms with van der Waals surface area (Å²) in [5, 5.41) is 18.7. The highest BCUT2D eigenvalue weighted by atomic mass is 32.1. The molecule has 0 amide bonds. The molecule has 0 spiro atoms. The summed E-state index contributed by atoms with van der Waals surface area (Å²) in [6.07, 6.45) is 2.12. The van der Waals surface area contributed by atoms with Crippen molar-refractivity contribution in [1.82, 2.24) is 10.6 Å². The molecule has 4 rings (SSSR count). The first-order valence-electron chi connectivity index (χ1n) is 9.76. The molecule has 2 aliphatic rings. The Bertz CT molecular complexity index is 799. The first kappa shape index (κ1) is 18.7. The Morgan fingerprint density at radius 3 is 3.00 bits per heavy atom. The summed E-state index contributed by atoms with van der Waals surface area (Å²) in [6, 6.07) is 10.6. The van der Waals surface area contributed by atoms with Gasteiger partial charge in [-0.15, -0.1) is 11.3 Å². The van der Waals surface area contributed by atoms with Crippen LogP contribution in [0.4, 0.5) is 0 Å². The van der Waals surface area contributed by atoms with Gasteiger partial charge in [0.15, 0.2) is 5.96 Å². The first-order chi connectivity index (χ1) is 13.0. The van der Waals surface area contributed by atoms with Gasteiger partial charge >= 0.3 is 0 Å². The number of guanidine groups is 1. The fourth-order valence-corrected chi connectivity index (χ4v) is 5.67. The normalized spacial score (nSPS) is 28.3. The van der Waals surface area contributed by atoms with Crippen molar-refractivity contribution in [3.05, 3.63) is 35.2 Å². The highest BCUT2D eigenvalue weighted by Gasteiger charge is 2.58. The van der Waals surface area contributed by atoms with Crippen LogP contribution in [-0.2, 0) is 4.74 Å². The zero-order valence-corrected chi connectivity index (χ0v) is 17.1. The Morgan fingerprint density at radius 1 is 1.41 bits per heavy atom. The van der Waals surface area contributed by atoms with Gasteiger partial charge in [0.05, 0.1) is 6.10 Å². The molecule has 3 N–H and O–H groups in total. The number of aliphatic hydroxyl groups excluding tert-OH is 1. The number of hydrogen-bond donors (Lipinski definition) is 3. The van der Waals surface area contributed by atoms with E-state index >= 15 is 0 Å². The Kier molecular flexibility index (Phi) is 5.14. The molecule has 1 saturated carbocycles. The van der Waals surface area contributed by atoms with E-state index in [9.17, 15) is 5.11 Å². The quantitative estimate of drug-likeness (QED) is 0.556. The number of ether oxygens (including phenoxy) is 1. The van der Waals surface area contributed by atoms with E-state index in [-0.39, 0.29) is 5.41 Å². The van der Waals surface area contributed by atoms with E-state index in [2.05, 4.69) is 47.7 Å². The summed E-state index contributed by atoms with van der Waals surface area (Å²) in [4.78, 5) is 5.34. The number of nitrogens with one attached hydrogen (secondary N) is 2. The molecule has 1 aliphatic carbocycles. The molecule has 27 heavy (non-hydrogen) atoms. The van der Waals surface area contributed by atoms with Crippen molar-refractivity contribution in [3.63, 3.8) is 0 Å². The average molecular weight is 388 g/mol. The first-order valence-corrected chi connectivity index (χ1v) is 10.6. The van der Waals surface area contributed by atoms with Crippen LogP contribution >= 0.6 is 11.3 Å². The second-order valence-corrected chi connectivity index (χ2v) is 9.31. The summed E-state index contributed by atoms with van der Waals surface area (Å²) in [5.74, 6) is 1.29. The summed E-state index contributed by atoms with van der Waals surface area (Å²) in [6.45, 7) is 5.84. The molecular formula is C21H29N3O2S. The predicted octanol–water partition coefficient (Wildman–Crippen LogP) is 3.30. The van der Waals surface area contributed by atoms with Crippen LogP contribution in [-0.4, -0.2) is 43.4 Å². The minimum Gasteiger partial charge on any atom is -0.386 e. The highest BCUT2D eigenvalue weighted by Crippen LogP contribution is 2.51. The van der Waals surface area contributed by atoms with E-state index in [1.54, 1.807) is 18.4 Å². The van der Waals surface area contributed by atoms with Crippen molar-refractivity contribution < 1.29 is 9.84 Å². The van der Waals surface area contributed by atoms with Crippen molar-refractivity contribution in [2.75, 3.05) is 20.2 Å². The standard InChI is InChI=1S/C21H29N3O2S/c1-21(2)18(14-8-6-10-26-19(14)21)24-20(22-3)23-12-15(25)17-11-13-7-4-5-9-16(13)27-17/h4-5,7,9,11,14-15,18-19,25H,6,8,10,12H2,1-3H3,(H2,22,23,24). The van der Waals surface area contributed by atoms with E-state index < -0.39 is 6.10 Å². The maximum Gasteiger partial charge on any atom is 0.191 e. The molecule has 5 nitrogen and oxygen atoms in total. The minimum atomic E-state index is -0.555. The third-order valence-electron chi connectivity index (χ3n) is 6.08. The third-order valence-corrected chi connectivity index (χ3v) is 7.30. The Hall–Kier alpha value is -1.63. The molecule has 2 aromatic rings. The largest absolute Gasteiger partial charge is 0.386 e. The fraction of sp³-hybridized carbons (Fsp3) is 0.571. The fourth-order valence-electron chi connectivity index (χ4n) is 4.62. The molecule has 2 fully saturated rings. The van der Waals surface area contributed by atoms with Gasteiger partial charge in [-0.05, 0) is 30.4 Å². The van der Waals surface area contributed by atoms with Crippen molar-refractivity contribution in [3.8, 4) is 0 Å². The highest BCUT2D eigenvalue weighted by molar-refractivity contribution is 7.19. The van der Waals surface area contributed by atoms with Gasteiger partial charge in [-0.2, -0.15) is 0 Å². The summed E-state index contributed by atoms with van der Waals surface area (Å²) < 4.78 is 7.19. The Morgan fingerprint density at radius 2 is 2.22 bits per heavy atom. The molecule has 2 heterocycles. The number of fused-ring (bicyclic) bond motifs is 2. The maximum atomic E-state index is 10.6. The van der Waals surface area contributed by atoms with Crippen LogP contribution in [0, 0.1) is 11.3 Å². The summed E-state index contributed by atoms with van der Waals surface area (Å²) >= 11 is 1.64. The van der Waals surface area contributed by atoms with Gasteiger partial charge in [0, 0.05) is 47.2 Å². The number of benzene rings is 1. The van der Waals surface area contributed by atoms with Crippen LogP contribution < -0.4 is 10.6 Å². The topological polar surface area (TPSA) is 65.9 Å². The van der Waals surface area contributed by atoms with Gasteiger partial charge in [0.2, 0.25) is 0 Å². The van der Waals surface area contributed by atoms with Crippen LogP contribution in [0.15, 0.2) is 35.3 Å². The molecule has 1 aliphatic heterocycles. The number of hydrogen-bond acceptors (Lipinski definition) is 4. The molecular weight excluding hydrogens is 358 g/mol. The van der Waals surface area contributed by atoms with Crippen LogP contribution in [0.2, 0.25) is 0 Å². The lowest BCUT2D eigenvalue weighted by Gasteiger charge is -2.60. The van der Waals surface area contributed by atoms with E-state index in [0.29, 0.717) is 24.6 Å². The molecule has 146 valence electrons. The lowest BCUT2D eigenvalue weighted by Crippen LogP contribution is -2.71. The number of aliphatic imine (C=N–C) groups is 1. The average Bonchev–Trinajstić information content (AvgIpc) is 3.12. The minimum absolute atomic E-state index is 0.0901. The van der Waals surface area contributed by atoms with Gasteiger partial charge in [-0.1, -0.05) is 32.0 Å². The van der Waals surface area contributed by atoms with Crippen LogP contribution in [0.3, 0.4) is 0 Å². The summed E-state index contributed by atoms with van der Waals surface area (Å²) in [7, 11) is 1.78. The molecule has 1 aromatic heterocycles. The maximum absolute atomic E-state index is 10.6. The second kappa shape index (κ2) is 7.41. The Balaban J connectivity index is 1.36. The van der Waals surface area contributed by atoms with Gasteiger partial charge in [-0.25, -0.2) is 0 Å². The molecule has 0 bridgehead atoms. The second-order valence-electron chi connectivity index (χ2n) is 8.20. The van der Waals surface area contributed by atoms with Gasteiger partial charge in [0.25, 0.3) is 0 Å². The molecule has 6 heteroatoms. The molecule has 1 aromatic carbocycles. The summed E-state index contributed by atoms with van der Waals surface area (Å²) in [5.41, 5.74) is 0.0901. The van der Waals surface area contributed by atoms with Crippen LogP contribution in [0.25, 0.3) is 10.1 Å². The van der Waals surface area contributed by atoms with Gasteiger partial charge in [0.1, 0.15) is 6.10 Å². The molecule has 4 unspecified atom stereocenters. The molecule has 0 radical (unpaired) electrons. The van der Waals surface area contributed by atoms with Gasteiger partial charge < -0.3 is 20.5 Å². The molecule has 1 saturated heterocycles. The number of nitrogens with zero attached hydrogens (tertiary/aromatic N) is 1. The lowest BCUT2D eigenvalue weighted by atomic mass is 9.55. The van der Waals surface area contributed by atoms with Crippen molar-refractivity contribution >= 4 is 27.4 Å². The van der Waals surface area contributed by atoms with E-state index in [4.69, 9.17) is 4.74 Å². The van der Waals surface area contributed by atoms with E-state index in [1.165, 1.54) is 16.5 Å². The number of thiophene rings is 1. The smallest absolute Gasteiger partial charge is 0.191 e. The monoisotopic (exact) mass is 387 g/mol. The van der Waals surface area contributed by atoms with Crippen molar-refractivity contribution in [1.29, 1.82) is 0 Å². The van der Waals surface area contributed by atoms with E-state index in [1.807, 2.05) is 12.1 Å². The number of aliphatic hydroxyl groups is 1. The number of rotatable bonds is 4. The zero-order valence-electron chi connectivity index (χ0n) is 16.2. The van der Waals surface area contributed by atoms with E-state index in [0.717, 1.165) is 23.9 Å². The van der Waals surface area contributed by atoms with Crippen LogP contribution in [0.5, 0.6) is 0 Å². The van der Waals surface area contributed by atoms with Crippen molar-refractivity contribution in [2.24, 2.45) is 16.3 Å². The SMILES string of the molecule is CN=C(NCC(O)c1cc2ccccc2s1)NC1C2CCCOC2C1(C)C. The third kappa shape index (κ3) is 3.46. The van der Waals surface area contributed by atoms with Gasteiger partial charge in [-0.3, -0.25) is 4.99 Å². The Labute approximate surface area is 164 Å². The lowest BCUT2D eigenvalue weighted by molar-refractivity contribution is -0.188. The van der Waals surface area contributed by atoms with Crippen molar-refractivity contribution in [2.45, 2.75) is 44.9 Å². The van der Waals surface area contributed by atoms with Crippen LogP contribution in [0.1, 0.15) is 37.7 Å². The predicted molar refractivity (Wildman–Crippen MR) is 111 cm³/mol. The zero-order chi connectivity index (χ0) is 19.0. The molecule has 4 atom stereocenters.